The summed E-state index contributed by atoms with van der Waals surface area (Å²) in [5.74, 6) is 0.575. The predicted molar refractivity (Wildman–Crippen MR) is 153 cm³/mol. The number of hydrogen-bond donors (Lipinski definition) is 1. The first-order chi connectivity index (χ1) is 17.8. The fraction of sp³-hybridized carbons (Fsp3) is 0.355. The van der Waals surface area contributed by atoms with Crippen LogP contribution in [0.2, 0.25) is 0 Å². The second-order valence-corrected chi connectivity index (χ2v) is 10.5. The highest BCUT2D eigenvalue weighted by molar-refractivity contribution is 9.10. The van der Waals surface area contributed by atoms with Gasteiger partial charge in [0.2, 0.25) is 5.91 Å². The first-order valence-corrected chi connectivity index (χ1v) is 13.7. The second-order valence-electron chi connectivity index (χ2n) is 9.66. The summed E-state index contributed by atoms with van der Waals surface area (Å²) in [7, 11) is 0. The van der Waals surface area contributed by atoms with Gasteiger partial charge >= 0.3 is 0 Å². The summed E-state index contributed by atoms with van der Waals surface area (Å²) in [6.45, 7) is 8.40. The first-order valence-electron chi connectivity index (χ1n) is 12.9. The van der Waals surface area contributed by atoms with Gasteiger partial charge < -0.3 is 15.0 Å². The van der Waals surface area contributed by atoms with Crippen molar-refractivity contribution in [1.29, 1.82) is 0 Å². The summed E-state index contributed by atoms with van der Waals surface area (Å²) in [5, 5.41) is 3.09. The zero-order valence-corrected chi connectivity index (χ0v) is 23.7. The molecule has 0 aliphatic heterocycles. The van der Waals surface area contributed by atoms with Crippen LogP contribution in [-0.4, -0.2) is 35.4 Å². The summed E-state index contributed by atoms with van der Waals surface area (Å²) in [4.78, 5) is 28.9. The number of hydrogen-bond acceptors (Lipinski definition) is 3. The quantitative estimate of drug-likeness (QED) is 0.273. The van der Waals surface area contributed by atoms with E-state index in [0.29, 0.717) is 24.6 Å². The van der Waals surface area contributed by atoms with Gasteiger partial charge in [0, 0.05) is 19.0 Å². The molecule has 0 aliphatic rings. The van der Waals surface area contributed by atoms with E-state index in [1.807, 2.05) is 92.7 Å². The number of carbonyl (C=O) groups is 2. The van der Waals surface area contributed by atoms with Gasteiger partial charge in [-0.1, -0.05) is 87.5 Å². The van der Waals surface area contributed by atoms with Gasteiger partial charge in [-0.25, -0.2) is 0 Å². The van der Waals surface area contributed by atoms with Crippen molar-refractivity contribution >= 4 is 27.7 Å². The van der Waals surface area contributed by atoms with Crippen molar-refractivity contribution in [1.82, 2.24) is 10.2 Å². The number of benzene rings is 3. The van der Waals surface area contributed by atoms with Crippen molar-refractivity contribution in [2.45, 2.75) is 65.1 Å². The smallest absolute Gasteiger partial charge is 0.261 e. The number of ether oxygens (including phenoxy) is 1. The van der Waals surface area contributed by atoms with Gasteiger partial charge in [-0.3, -0.25) is 9.59 Å². The monoisotopic (exact) mass is 564 g/mol. The maximum Gasteiger partial charge on any atom is 0.261 e. The van der Waals surface area contributed by atoms with Crippen LogP contribution in [0.15, 0.2) is 83.3 Å². The number of amides is 2. The molecule has 3 aromatic carbocycles. The number of nitrogens with zero attached hydrogens (tertiary/aromatic N) is 1. The van der Waals surface area contributed by atoms with E-state index in [9.17, 15) is 9.59 Å². The molecular formula is C31H37BrN2O3. The third-order valence-electron chi connectivity index (χ3n) is 6.44. The maximum absolute atomic E-state index is 13.7. The lowest BCUT2D eigenvalue weighted by Gasteiger charge is -2.32. The Morgan fingerprint density at radius 3 is 2.11 bits per heavy atom. The third kappa shape index (κ3) is 8.46. The standard InChI is InChI=1S/C31H37BrN2O3/c1-5-23(4)33-31(36)28(18-24-12-8-6-9-13-24)34(20-25-14-10-7-11-15-25)30(35)21-37-29-17-16-26(22(2)3)19-27(29)32/h6-17,19,22-23,28H,5,18,20-21H2,1-4H3,(H,33,36)/t23-,28-/m1/s1. The molecule has 0 bridgehead atoms. The average molecular weight is 566 g/mol. The van der Waals surface area contributed by atoms with Crippen LogP contribution in [-0.2, 0) is 22.6 Å². The molecule has 3 aromatic rings. The molecule has 0 fully saturated rings. The predicted octanol–water partition coefficient (Wildman–Crippen LogP) is 6.51. The Labute approximate surface area is 229 Å². The molecule has 6 heteroatoms. The topological polar surface area (TPSA) is 58.6 Å². The van der Waals surface area contributed by atoms with E-state index in [1.165, 1.54) is 5.56 Å². The normalized spacial score (nSPS) is 12.6. The molecule has 0 radical (unpaired) electrons. The fourth-order valence-corrected chi connectivity index (χ4v) is 4.50. The molecule has 0 unspecified atom stereocenters. The number of nitrogens with one attached hydrogen (secondary N) is 1. The maximum atomic E-state index is 13.7. The molecule has 37 heavy (non-hydrogen) atoms. The molecule has 0 spiro atoms. The third-order valence-corrected chi connectivity index (χ3v) is 7.06. The van der Waals surface area contributed by atoms with Crippen LogP contribution in [0.1, 0.15) is 56.7 Å². The first kappa shape index (κ1) is 28.5. The summed E-state index contributed by atoms with van der Waals surface area (Å²) in [6, 6.07) is 24.8. The Bertz CT molecular complexity index is 1150. The second kappa shape index (κ2) is 14.0. The Kier molecular flexibility index (Phi) is 10.8. The van der Waals surface area contributed by atoms with E-state index in [0.717, 1.165) is 22.0 Å². The molecule has 0 aliphatic carbocycles. The summed E-state index contributed by atoms with van der Waals surface area (Å²) >= 11 is 3.57. The van der Waals surface area contributed by atoms with E-state index < -0.39 is 6.04 Å². The number of rotatable bonds is 12. The van der Waals surface area contributed by atoms with Crippen LogP contribution in [0.5, 0.6) is 5.75 Å². The van der Waals surface area contributed by atoms with Crippen molar-refractivity contribution in [2.24, 2.45) is 0 Å². The minimum atomic E-state index is -0.681. The molecule has 5 nitrogen and oxygen atoms in total. The van der Waals surface area contributed by atoms with Gasteiger partial charge in [-0.15, -0.1) is 0 Å². The molecular weight excluding hydrogens is 528 g/mol. The largest absolute Gasteiger partial charge is 0.483 e. The van der Waals surface area contributed by atoms with E-state index in [1.54, 1.807) is 4.90 Å². The molecule has 3 rings (SSSR count). The van der Waals surface area contributed by atoms with Crippen LogP contribution in [0, 0.1) is 0 Å². The summed E-state index contributed by atoms with van der Waals surface area (Å²) in [6.07, 6.45) is 1.22. The van der Waals surface area contributed by atoms with Crippen LogP contribution in [0.3, 0.4) is 0 Å². The Hall–Kier alpha value is -3.12. The van der Waals surface area contributed by atoms with E-state index >= 15 is 0 Å². The summed E-state index contributed by atoms with van der Waals surface area (Å²) < 4.78 is 6.77. The highest BCUT2D eigenvalue weighted by Crippen LogP contribution is 2.29. The van der Waals surface area contributed by atoms with Crippen molar-refractivity contribution in [3.8, 4) is 5.75 Å². The lowest BCUT2D eigenvalue weighted by Crippen LogP contribution is -2.53. The van der Waals surface area contributed by atoms with Gasteiger partial charge in [0.05, 0.1) is 4.47 Å². The molecule has 0 saturated heterocycles. The van der Waals surface area contributed by atoms with Gasteiger partial charge in [0.15, 0.2) is 6.61 Å². The lowest BCUT2D eigenvalue weighted by molar-refractivity contribution is -0.143. The van der Waals surface area contributed by atoms with Crippen molar-refractivity contribution in [3.63, 3.8) is 0 Å². The molecule has 0 heterocycles. The van der Waals surface area contributed by atoms with Gasteiger partial charge in [0.1, 0.15) is 11.8 Å². The highest BCUT2D eigenvalue weighted by Gasteiger charge is 2.31. The molecule has 1 N–H and O–H groups in total. The minimum absolute atomic E-state index is 0.00567. The average Bonchev–Trinajstić information content (AvgIpc) is 2.90. The Morgan fingerprint density at radius 1 is 0.919 bits per heavy atom. The zero-order chi connectivity index (χ0) is 26.8. The van der Waals surface area contributed by atoms with Crippen molar-refractivity contribution in [2.75, 3.05) is 6.61 Å². The molecule has 2 atom stereocenters. The molecule has 0 saturated carbocycles. The van der Waals surface area contributed by atoms with E-state index in [2.05, 4.69) is 35.1 Å². The fourth-order valence-electron chi connectivity index (χ4n) is 3.99. The van der Waals surface area contributed by atoms with Crippen LogP contribution in [0.25, 0.3) is 0 Å². The van der Waals surface area contributed by atoms with Crippen LogP contribution in [0.4, 0.5) is 0 Å². The SMILES string of the molecule is CC[C@@H](C)NC(=O)[C@@H](Cc1ccccc1)N(Cc1ccccc1)C(=O)COc1ccc(C(C)C)cc1Br. The van der Waals surface area contributed by atoms with Crippen LogP contribution >= 0.6 is 15.9 Å². The minimum Gasteiger partial charge on any atom is -0.483 e. The van der Waals surface area contributed by atoms with Gasteiger partial charge in [0.25, 0.3) is 5.91 Å². The lowest BCUT2D eigenvalue weighted by atomic mass is 10.0. The van der Waals surface area contributed by atoms with Crippen LogP contribution < -0.4 is 10.1 Å². The van der Waals surface area contributed by atoms with E-state index in [4.69, 9.17) is 4.74 Å². The van der Waals surface area contributed by atoms with Crippen molar-refractivity contribution in [3.05, 3.63) is 100 Å². The highest BCUT2D eigenvalue weighted by atomic mass is 79.9. The molecule has 2 amide bonds. The zero-order valence-electron chi connectivity index (χ0n) is 22.1. The van der Waals surface area contributed by atoms with Gasteiger partial charge in [-0.2, -0.15) is 0 Å². The number of halogens is 1. The Balaban J connectivity index is 1.89. The molecule has 0 aromatic heterocycles. The van der Waals surface area contributed by atoms with Gasteiger partial charge in [-0.05, 0) is 64.0 Å². The molecule has 196 valence electrons. The number of carbonyl (C=O) groups excluding carboxylic acids is 2. The Morgan fingerprint density at radius 2 is 1.54 bits per heavy atom. The van der Waals surface area contributed by atoms with Crippen molar-refractivity contribution < 1.29 is 14.3 Å². The summed E-state index contributed by atoms with van der Waals surface area (Å²) in [5.41, 5.74) is 3.12. The van der Waals surface area contributed by atoms with E-state index in [-0.39, 0.29) is 24.5 Å².